The van der Waals surface area contributed by atoms with E-state index in [-0.39, 0.29) is 94.7 Å². The molecule has 9 rings (SSSR count). The first kappa shape index (κ1) is 102. The Morgan fingerprint density at radius 1 is 0.598 bits per heavy atom. The Labute approximate surface area is 766 Å². The number of aromatic amines is 3. The van der Waals surface area contributed by atoms with Crippen molar-refractivity contribution < 1.29 is 101 Å². The number of nitrogens with two attached hydrogens (primary N) is 3. The summed E-state index contributed by atoms with van der Waals surface area (Å²) in [4.78, 5) is 280. The summed E-state index contributed by atoms with van der Waals surface area (Å²) in [6.07, 6.45) is 1.49. The highest BCUT2D eigenvalue weighted by molar-refractivity contribution is 8.00. The topological polar surface area (TPSA) is 620 Å². The number of hydrogen-bond donors (Lipinski definition) is 17. The van der Waals surface area contributed by atoms with E-state index in [1.807, 2.05) is 6.92 Å². The number of phenols is 1. The van der Waals surface area contributed by atoms with Crippen LogP contribution in [0.25, 0.3) is 21.8 Å². The number of aromatic nitrogens is 4. The van der Waals surface area contributed by atoms with Gasteiger partial charge in [0, 0.05) is 145 Å². The number of carbonyl (C=O) groups is 18. The zero-order valence-corrected chi connectivity index (χ0v) is 76.0. The van der Waals surface area contributed by atoms with Crippen molar-refractivity contribution >= 4 is 140 Å². The quantitative estimate of drug-likeness (QED) is 0.0302. The van der Waals surface area contributed by atoms with Crippen molar-refractivity contribution in [3.63, 3.8) is 0 Å². The molecule has 132 heavy (non-hydrogen) atoms. The maximum Gasteiger partial charge on any atom is 0.246 e. The highest BCUT2D eigenvalue weighted by atomic mass is 32.2. The van der Waals surface area contributed by atoms with Gasteiger partial charge in [0.2, 0.25) is 100 Å². The molecule has 3 aliphatic rings. The van der Waals surface area contributed by atoms with Gasteiger partial charge in [-0.25, -0.2) is 4.98 Å². The fourth-order valence-corrected chi connectivity index (χ4v) is 17.3. The first-order valence-corrected chi connectivity index (χ1v) is 45.1. The second-order valence-corrected chi connectivity index (χ2v) is 35.0. The average molecular weight is 1850 g/mol. The van der Waals surface area contributed by atoms with E-state index in [4.69, 9.17) is 21.9 Å². The largest absolute Gasteiger partial charge is 0.508 e. The van der Waals surface area contributed by atoms with E-state index < -0.39 is 248 Å². The van der Waals surface area contributed by atoms with E-state index in [1.54, 1.807) is 74.8 Å². The molecular formula is C89H121N21O21S. The molecule has 0 aliphatic carbocycles. The molecule has 0 spiro atoms. The number of hydrogen-bond acceptors (Lipinski definition) is 23. The van der Waals surface area contributed by atoms with E-state index in [9.17, 15) is 63.0 Å². The van der Waals surface area contributed by atoms with E-state index >= 15 is 33.6 Å². The van der Waals surface area contributed by atoms with Crippen LogP contribution in [0.2, 0.25) is 0 Å². The minimum atomic E-state index is -1.80. The van der Waals surface area contributed by atoms with Gasteiger partial charge in [-0.3, -0.25) is 86.3 Å². The molecule has 6 heterocycles. The smallest absolute Gasteiger partial charge is 0.246 e. The molecule has 14 atom stereocenters. The van der Waals surface area contributed by atoms with Crippen LogP contribution in [-0.4, -0.2) is 312 Å². The van der Waals surface area contributed by atoms with Gasteiger partial charge in [-0.05, 0) is 92.3 Å². The van der Waals surface area contributed by atoms with E-state index in [0.29, 0.717) is 51.3 Å². The predicted octanol–water partition coefficient (Wildman–Crippen LogP) is -2.35. The maximum atomic E-state index is 15.6. The molecule has 714 valence electrons. The number of H-pyrrole nitrogens is 3. The summed E-state index contributed by atoms with van der Waals surface area (Å²) in [5.41, 5.74) is 19.9. The lowest BCUT2D eigenvalue weighted by atomic mass is 9.90. The number of phenolic OH excluding ortho intramolecular Hbond substituents is 1. The van der Waals surface area contributed by atoms with Crippen molar-refractivity contribution in [3.05, 3.63) is 120 Å². The Kier molecular flexibility index (Phi) is 37.7. The van der Waals surface area contributed by atoms with Crippen LogP contribution in [0, 0.1) is 11.8 Å². The molecule has 3 aromatic carbocycles. The van der Waals surface area contributed by atoms with Crippen LogP contribution < -0.4 is 65.1 Å². The average Bonchev–Trinajstić information content (AvgIpc) is 1.54. The molecular weight excluding hydrogens is 1730 g/mol. The number of aliphatic hydroxyl groups excluding tert-OH is 1. The molecule has 3 aromatic heterocycles. The number of nitrogens with one attached hydrogen (secondary N) is 12. The number of rotatable bonds is 24. The monoisotopic (exact) mass is 1850 g/mol. The normalized spacial score (nSPS) is 24.6. The van der Waals surface area contributed by atoms with Gasteiger partial charge in [0.05, 0.1) is 49.4 Å². The van der Waals surface area contributed by atoms with Crippen LogP contribution >= 0.6 is 11.8 Å². The number of Topliss-reactive ketones (excluding diaryl/α,β-unsaturated/α-hetero) is 1. The zero-order valence-electron chi connectivity index (χ0n) is 75.1. The fourth-order valence-electron chi connectivity index (χ4n) is 16.5. The molecule has 17 amide bonds. The molecule has 3 aliphatic heterocycles. The van der Waals surface area contributed by atoms with Gasteiger partial charge in [0.15, 0.2) is 5.78 Å². The van der Waals surface area contributed by atoms with Crippen molar-refractivity contribution in [3.8, 4) is 5.75 Å². The van der Waals surface area contributed by atoms with Crippen molar-refractivity contribution in [2.45, 2.75) is 209 Å². The van der Waals surface area contributed by atoms with Crippen LogP contribution in [-0.2, 0) is 117 Å². The number of thioether (sulfide) groups is 1. The van der Waals surface area contributed by atoms with Crippen LogP contribution in [0.1, 0.15) is 127 Å². The molecule has 6 aromatic rings. The minimum absolute atomic E-state index is 0.0203. The lowest BCUT2D eigenvalue weighted by molar-refractivity contribution is -0.149. The summed E-state index contributed by atoms with van der Waals surface area (Å²) in [5, 5.41) is 46.6. The Morgan fingerprint density at radius 2 is 1.20 bits per heavy atom. The molecule has 20 N–H and O–H groups in total. The van der Waals surface area contributed by atoms with E-state index in [1.165, 1.54) is 76.9 Å². The Hall–Kier alpha value is -13.3. The van der Waals surface area contributed by atoms with Gasteiger partial charge in [-0.2, -0.15) is 0 Å². The SMILES string of the molecule is CCCC[C@H]1C(=O)N(C)[C@@H](CCOC)C(=O)N[C@@H](CC(C)C)C(=O)N[C@H](C(=O)NCC(N)=O)CSCC(=O)N[C@@H](Cc2ccc(O)cc2)C(=O)N(C)[C@@H](C)C(=O)N[C@@H](CC(N)=O)C(=O)N2CCC[C@H]2C(=O)N[C@@H](Cc2c[nH]cn2)C(=O)N[C@@H](CCC(N)=O)C(=O)N2C[C@H](O)C[C@H]2C(=O)C[C@@H](Cc2c[nH]c3ccccc23)C(=O)NCC(=O)N[C@@H](Cc2c[nH]c3ccccc23)C(=O)N1C. The minimum Gasteiger partial charge on any atom is -0.508 e. The van der Waals surface area contributed by atoms with Gasteiger partial charge in [-0.1, -0.05) is 82.1 Å². The zero-order chi connectivity index (χ0) is 96.3. The van der Waals surface area contributed by atoms with Gasteiger partial charge in [0.1, 0.15) is 72.2 Å². The lowest BCUT2D eigenvalue weighted by Gasteiger charge is -2.36. The third kappa shape index (κ3) is 28.4. The van der Waals surface area contributed by atoms with Crippen molar-refractivity contribution in [1.29, 1.82) is 0 Å². The number of amides is 17. The number of primary amides is 3. The lowest BCUT2D eigenvalue weighted by Crippen LogP contribution is -2.60. The molecule has 3 fully saturated rings. The number of aliphatic hydroxyl groups is 1. The fraction of sp³-hybridized carbons (Fsp3) is 0.517. The van der Waals surface area contributed by atoms with Gasteiger partial charge in [-0.15, -0.1) is 11.8 Å². The number of ketones is 1. The molecule has 3 saturated heterocycles. The van der Waals surface area contributed by atoms with Crippen LogP contribution in [0.3, 0.4) is 0 Å². The highest BCUT2D eigenvalue weighted by Crippen LogP contribution is 2.30. The van der Waals surface area contributed by atoms with Crippen molar-refractivity contribution in [2.75, 3.05) is 72.5 Å². The molecule has 0 radical (unpaired) electrons. The molecule has 0 unspecified atom stereocenters. The Bertz CT molecular complexity index is 5140. The number of nitrogens with zero attached hydrogens (tertiary/aromatic N) is 6. The summed E-state index contributed by atoms with van der Waals surface area (Å²) in [5.74, 6) is -19.3. The molecule has 0 saturated carbocycles. The second-order valence-electron chi connectivity index (χ2n) is 34.0. The van der Waals surface area contributed by atoms with Crippen LogP contribution in [0.15, 0.2) is 97.7 Å². The Balaban J connectivity index is 1.08. The number of para-hydroxylation sites is 2. The number of methoxy groups -OCH3 is 1. The third-order valence-corrected chi connectivity index (χ3v) is 24.7. The van der Waals surface area contributed by atoms with Crippen molar-refractivity contribution in [1.82, 2.24) is 92.3 Å². The van der Waals surface area contributed by atoms with Crippen LogP contribution in [0.5, 0.6) is 5.75 Å². The summed E-state index contributed by atoms with van der Waals surface area (Å²) < 4.78 is 5.45. The summed E-state index contributed by atoms with van der Waals surface area (Å²) in [6.45, 7) is 4.34. The number of aromatic hydroxyl groups is 1. The highest BCUT2D eigenvalue weighted by Gasteiger charge is 2.46. The molecule has 42 nitrogen and oxygen atoms in total. The molecule has 43 heteroatoms. The number of ether oxygens (including phenoxy) is 1. The van der Waals surface area contributed by atoms with E-state index in [2.05, 4.69) is 67.8 Å². The van der Waals surface area contributed by atoms with Gasteiger partial charge >= 0.3 is 0 Å². The number of fused-ring (bicyclic) bond motifs is 4. The number of unbranched alkanes of at least 4 members (excludes halogenated alkanes) is 1. The summed E-state index contributed by atoms with van der Waals surface area (Å²) in [6, 6.07) is 1.43. The first-order chi connectivity index (χ1) is 62.8. The van der Waals surface area contributed by atoms with Gasteiger partial charge < -0.3 is 119 Å². The number of imidazole rings is 1. The molecule has 0 bridgehead atoms. The first-order valence-electron chi connectivity index (χ1n) is 43.9. The number of likely N-dealkylation sites (N-methyl/N-ethyl adjacent to an activating group) is 3. The number of carbonyl (C=O) groups excluding carboxylic acids is 18. The Morgan fingerprint density at radius 3 is 1.83 bits per heavy atom. The standard InChI is InChI=1S/C89H121N21O21S/c1-9-10-20-70-89(130)107(6)68(28-30-131-8)83(124)102-62(31-48(2)3)81(122)105-67(80(121)96-42-75(92)116)45-132-46-77(118)100-64(32-50-22-24-55(111)25-23-50)85(126)106(5)49(4)78(119)104-66(38-74(91)115)88(129)109-29-15-21-69(109)84(125)103-63(36-54-41-93-47-98-54)82(123)101-61(26-27-73(90)114)87(128)110-44-56(112)37-71(110)72(113)35-51(33-52-39-94-59-18-13-11-16-57(52)59)79(120)97-43-76(117)99-65(86(127)108(70)7)34-53-40-95-60-19-14-12-17-58(53)60/h11-14,16-19,22-25,39-41,47-49,51,56,61-71,94-95,111-112H,9-10,15,20-21,26-38,42-46H2,1-8H3,(H2,90,114)(H2,91,115)(H2,92,116)(H,93,98)(H,96,121)(H,97,120)(H,99,117)(H,100,118)(H,101,123)(H,102,124)(H,103,125)(H,104,119)(H,105,122)/t49-,51+,56+,61-,62-,63-,64-,65-,66-,67-,68-,69-,70-,71-/m0/s1. The predicted molar refractivity (Wildman–Crippen MR) is 481 cm³/mol. The summed E-state index contributed by atoms with van der Waals surface area (Å²) >= 11 is 0.782. The maximum absolute atomic E-state index is 15.6. The van der Waals surface area contributed by atoms with Gasteiger partial charge in [0.25, 0.3) is 0 Å². The summed E-state index contributed by atoms with van der Waals surface area (Å²) in [7, 11) is 5.27. The van der Waals surface area contributed by atoms with Crippen molar-refractivity contribution in [2.24, 2.45) is 29.0 Å². The second kappa shape index (κ2) is 48.5. The third-order valence-electron chi connectivity index (χ3n) is 23.7. The number of benzene rings is 3. The van der Waals surface area contributed by atoms with E-state index in [0.717, 1.165) is 31.4 Å². The van der Waals surface area contributed by atoms with Crippen LogP contribution in [0.4, 0.5) is 0 Å².